The molecule has 30 heavy (non-hydrogen) atoms. The van der Waals surface area contributed by atoms with Gasteiger partial charge >= 0.3 is 0 Å². The third kappa shape index (κ3) is 4.38. The lowest BCUT2D eigenvalue weighted by atomic mass is 10.1. The quantitative estimate of drug-likeness (QED) is 0.608. The second kappa shape index (κ2) is 8.87. The molecule has 1 aromatic carbocycles. The highest BCUT2D eigenvalue weighted by molar-refractivity contribution is 5.90. The summed E-state index contributed by atoms with van der Waals surface area (Å²) in [6.45, 7) is 4.79. The molecular formula is C22H23N5O3. The maximum atomic E-state index is 11.7. The van der Waals surface area contributed by atoms with E-state index in [4.69, 9.17) is 4.74 Å². The lowest BCUT2D eigenvalue weighted by molar-refractivity contribution is -0.127. The third-order valence-corrected chi connectivity index (χ3v) is 5.08. The monoisotopic (exact) mass is 405 g/mol. The molecule has 154 valence electrons. The van der Waals surface area contributed by atoms with Gasteiger partial charge in [0.25, 0.3) is 0 Å². The van der Waals surface area contributed by atoms with Gasteiger partial charge in [-0.3, -0.25) is 4.79 Å². The van der Waals surface area contributed by atoms with Crippen LogP contribution < -0.4 is 10.1 Å². The van der Waals surface area contributed by atoms with E-state index < -0.39 is 0 Å². The molecule has 1 aliphatic heterocycles. The fourth-order valence-electron chi connectivity index (χ4n) is 3.48. The van der Waals surface area contributed by atoms with Crippen LogP contribution in [0.4, 0.5) is 11.5 Å². The van der Waals surface area contributed by atoms with Gasteiger partial charge in [0.1, 0.15) is 18.2 Å². The Morgan fingerprint density at radius 1 is 1.27 bits per heavy atom. The van der Waals surface area contributed by atoms with E-state index in [2.05, 4.69) is 26.8 Å². The van der Waals surface area contributed by atoms with Crippen LogP contribution >= 0.6 is 0 Å². The minimum Gasteiger partial charge on any atom is -0.474 e. The number of aliphatic hydroxyl groups excluding tert-OH is 1. The maximum absolute atomic E-state index is 11.7. The molecule has 0 radical (unpaired) electrons. The highest BCUT2D eigenvalue weighted by Gasteiger charge is 2.23. The van der Waals surface area contributed by atoms with Crippen molar-refractivity contribution in [2.24, 2.45) is 0 Å². The number of pyridine rings is 1. The van der Waals surface area contributed by atoms with Crippen molar-refractivity contribution in [1.29, 1.82) is 0 Å². The Bertz CT molecular complexity index is 1060. The van der Waals surface area contributed by atoms with Crippen LogP contribution in [0.1, 0.15) is 18.4 Å². The molecule has 0 saturated carbocycles. The molecule has 0 unspecified atom stereocenters. The number of hydrogen-bond acceptors (Lipinski definition) is 7. The Kier molecular flexibility index (Phi) is 5.85. The fourth-order valence-corrected chi connectivity index (χ4v) is 3.48. The summed E-state index contributed by atoms with van der Waals surface area (Å²) in [6, 6.07) is 9.33. The molecule has 0 bridgehead atoms. The summed E-state index contributed by atoms with van der Waals surface area (Å²) in [6.07, 6.45) is 5.96. The number of ether oxygens (including phenoxy) is 1. The first-order valence-corrected chi connectivity index (χ1v) is 9.82. The first-order chi connectivity index (χ1) is 14.7. The molecule has 1 amide bonds. The summed E-state index contributed by atoms with van der Waals surface area (Å²) < 4.78 is 6.08. The number of fused-ring (bicyclic) bond motifs is 1. The van der Waals surface area contributed by atoms with Crippen molar-refractivity contribution in [3.8, 4) is 5.88 Å². The summed E-state index contributed by atoms with van der Waals surface area (Å²) in [4.78, 5) is 26.5. The molecule has 3 heterocycles. The molecule has 2 aromatic heterocycles. The summed E-state index contributed by atoms with van der Waals surface area (Å²) >= 11 is 0. The number of benzene rings is 1. The smallest absolute Gasteiger partial charge is 0.245 e. The number of hydrogen-bond donors (Lipinski definition) is 2. The van der Waals surface area contributed by atoms with Crippen LogP contribution in [-0.4, -0.2) is 50.1 Å². The number of nitrogens with zero attached hydrogens (tertiary/aromatic N) is 4. The van der Waals surface area contributed by atoms with Crippen molar-refractivity contribution in [1.82, 2.24) is 19.9 Å². The minimum absolute atomic E-state index is 0.00825. The van der Waals surface area contributed by atoms with Gasteiger partial charge in [-0.1, -0.05) is 18.7 Å². The average Bonchev–Trinajstić information content (AvgIpc) is 2.79. The molecule has 8 nitrogen and oxygen atoms in total. The van der Waals surface area contributed by atoms with Crippen LogP contribution in [0.2, 0.25) is 0 Å². The van der Waals surface area contributed by atoms with Crippen molar-refractivity contribution in [2.45, 2.75) is 25.6 Å². The highest BCUT2D eigenvalue weighted by atomic mass is 16.5. The van der Waals surface area contributed by atoms with Crippen molar-refractivity contribution in [2.75, 3.05) is 18.4 Å². The molecule has 2 N–H and O–H groups in total. The number of likely N-dealkylation sites (tertiary alicyclic amines) is 1. The summed E-state index contributed by atoms with van der Waals surface area (Å²) in [5, 5.41) is 13.4. The maximum Gasteiger partial charge on any atom is 0.245 e. The van der Waals surface area contributed by atoms with Gasteiger partial charge in [0.15, 0.2) is 0 Å². The molecule has 8 heteroatoms. The Morgan fingerprint density at radius 3 is 2.87 bits per heavy atom. The van der Waals surface area contributed by atoms with Crippen molar-refractivity contribution < 1.29 is 14.6 Å². The van der Waals surface area contributed by atoms with Gasteiger partial charge in [0.2, 0.25) is 11.8 Å². The van der Waals surface area contributed by atoms with Crippen LogP contribution in [-0.2, 0) is 11.4 Å². The van der Waals surface area contributed by atoms with E-state index in [1.165, 1.54) is 12.4 Å². The lowest BCUT2D eigenvalue weighted by Crippen LogP contribution is -2.41. The molecule has 0 atom stereocenters. The van der Waals surface area contributed by atoms with Gasteiger partial charge < -0.3 is 20.1 Å². The zero-order valence-corrected chi connectivity index (χ0v) is 16.5. The van der Waals surface area contributed by atoms with E-state index in [-0.39, 0.29) is 18.6 Å². The Morgan fingerprint density at radius 2 is 2.10 bits per heavy atom. The van der Waals surface area contributed by atoms with E-state index in [1.807, 2.05) is 30.3 Å². The minimum atomic E-state index is -0.0459. The van der Waals surface area contributed by atoms with Gasteiger partial charge in [-0.05, 0) is 23.8 Å². The van der Waals surface area contributed by atoms with Crippen molar-refractivity contribution in [3.63, 3.8) is 0 Å². The predicted octanol–water partition coefficient (Wildman–Crippen LogP) is 2.82. The van der Waals surface area contributed by atoms with Gasteiger partial charge in [-0.2, -0.15) is 0 Å². The van der Waals surface area contributed by atoms with E-state index in [0.29, 0.717) is 30.3 Å². The molecule has 4 rings (SSSR count). The highest BCUT2D eigenvalue weighted by Crippen LogP contribution is 2.27. The third-order valence-electron chi connectivity index (χ3n) is 5.08. The predicted molar refractivity (Wildman–Crippen MR) is 113 cm³/mol. The van der Waals surface area contributed by atoms with Crippen LogP contribution in [0.15, 0.2) is 55.5 Å². The standard InChI is InChI=1S/C22H23N5O3/c1-2-21(29)27-8-6-17(7-9-27)30-20-11-18-19(12-23-20)24-14-25-22(18)26-16-5-3-4-15(10-16)13-28/h2-5,10-12,14,17,28H,1,6-9,13H2,(H,24,25,26). The molecule has 1 fully saturated rings. The number of aliphatic hydroxyl groups is 1. The number of anilines is 2. The second-order valence-electron chi connectivity index (χ2n) is 7.09. The molecular weight excluding hydrogens is 382 g/mol. The van der Waals surface area contributed by atoms with E-state index in [0.717, 1.165) is 29.5 Å². The van der Waals surface area contributed by atoms with Crippen LogP contribution in [0.3, 0.4) is 0 Å². The van der Waals surface area contributed by atoms with E-state index in [1.54, 1.807) is 11.1 Å². The van der Waals surface area contributed by atoms with E-state index in [9.17, 15) is 9.90 Å². The first kappa shape index (κ1) is 19.8. The lowest BCUT2D eigenvalue weighted by Gasteiger charge is -2.31. The normalized spacial score (nSPS) is 14.5. The van der Waals surface area contributed by atoms with Crippen molar-refractivity contribution >= 4 is 28.3 Å². The topological polar surface area (TPSA) is 100 Å². The van der Waals surface area contributed by atoms with Gasteiger partial charge in [-0.25, -0.2) is 15.0 Å². The van der Waals surface area contributed by atoms with Crippen molar-refractivity contribution in [3.05, 3.63) is 61.1 Å². The fraction of sp³-hybridized carbons (Fsp3) is 0.273. The molecule has 1 saturated heterocycles. The number of piperidine rings is 1. The summed E-state index contributed by atoms with van der Waals surface area (Å²) in [7, 11) is 0. The van der Waals surface area contributed by atoms with Crippen LogP contribution in [0.25, 0.3) is 10.9 Å². The SMILES string of the molecule is C=CC(=O)N1CCC(Oc2cc3c(Nc4cccc(CO)c4)ncnc3cn2)CC1. The second-order valence-corrected chi connectivity index (χ2v) is 7.09. The number of rotatable bonds is 6. The summed E-state index contributed by atoms with van der Waals surface area (Å²) in [5.41, 5.74) is 2.33. The zero-order valence-electron chi connectivity index (χ0n) is 16.5. The van der Waals surface area contributed by atoms with Crippen LogP contribution in [0.5, 0.6) is 5.88 Å². The van der Waals surface area contributed by atoms with Gasteiger partial charge in [0, 0.05) is 43.1 Å². The largest absolute Gasteiger partial charge is 0.474 e. The number of nitrogens with one attached hydrogen (secondary N) is 1. The molecule has 0 spiro atoms. The van der Waals surface area contributed by atoms with Gasteiger partial charge in [0.05, 0.1) is 18.3 Å². The van der Waals surface area contributed by atoms with E-state index >= 15 is 0 Å². The Hall–Kier alpha value is -3.52. The Labute approximate surface area is 174 Å². The molecule has 3 aromatic rings. The average molecular weight is 405 g/mol. The van der Waals surface area contributed by atoms with Crippen LogP contribution in [0, 0.1) is 0 Å². The molecule has 1 aliphatic rings. The first-order valence-electron chi connectivity index (χ1n) is 9.82. The zero-order chi connectivity index (χ0) is 20.9. The number of carbonyl (C=O) groups is 1. The number of aromatic nitrogens is 3. The number of amides is 1. The summed E-state index contributed by atoms with van der Waals surface area (Å²) in [5.74, 6) is 1.09. The van der Waals surface area contributed by atoms with Gasteiger partial charge in [-0.15, -0.1) is 0 Å². The Balaban J connectivity index is 1.51. The number of carbonyl (C=O) groups excluding carboxylic acids is 1. The molecule has 0 aliphatic carbocycles.